The molecule has 0 heterocycles. The van der Waals surface area contributed by atoms with Gasteiger partial charge < -0.3 is 0 Å². The molecular formula is C16H6Co2O8. The molecule has 0 amide bonds. The smallest absolute Gasteiger partial charge is 0 e. The van der Waals surface area contributed by atoms with Crippen LogP contribution in [0.15, 0.2) is 30.3 Å². The molecule has 1 rings (SSSR count). The zero-order valence-corrected chi connectivity index (χ0v) is 14.5. The molecule has 0 bridgehead atoms. The van der Waals surface area contributed by atoms with Crippen LogP contribution in [0.3, 0.4) is 0 Å². The van der Waals surface area contributed by atoms with E-state index in [2.05, 4.69) is 59.1 Å². The Bertz CT molecular complexity index is 431. The Balaban J connectivity index is -0.0000000156. The molecule has 1 aromatic rings. The van der Waals surface area contributed by atoms with Crippen LogP contribution in [0, 0.1) is 65.5 Å². The number of hydrogen-bond donors (Lipinski definition) is 0. The van der Waals surface area contributed by atoms with Crippen LogP contribution in [0.5, 0.6) is 0 Å². The second kappa shape index (κ2) is 238. The van der Waals surface area contributed by atoms with Crippen molar-refractivity contribution in [2.24, 2.45) is 0 Å². The van der Waals surface area contributed by atoms with E-state index in [1.54, 1.807) is 0 Å². The molecule has 0 spiro atoms. The fourth-order valence-corrected chi connectivity index (χ4v) is 0.534. The minimum atomic E-state index is 0. The molecular weight excluding hydrogens is 438 g/mol. The van der Waals surface area contributed by atoms with Crippen molar-refractivity contribution in [3.8, 4) is 12.3 Å². The molecule has 0 saturated carbocycles. The summed E-state index contributed by atoms with van der Waals surface area (Å²) in [7, 11) is 0. The van der Waals surface area contributed by atoms with Gasteiger partial charge in [-0.3, -0.25) is 0 Å². The van der Waals surface area contributed by atoms with Gasteiger partial charge in [0.05, 0.1) is 0 Å². The van der Waals surface area contributed by atoms with Gasteiger partial charge in [0.25, 0.3) is 0 Å². The first-order valence-electron chi connectivity index (χ1n) is 4.08. The van der Waals surface area contributed by atoms with Crippen LogP contribution >= 0.6 is 0 Å². The van der Waals surface area contributed by atoms with E-state index in [9.17, 15) is 0 Å². The molecule has 0 aromatic heterocycles. The quantitative estimate of drug-likeness (QED) is 0.322. The molecule has 0 saturated heterocycles. The molecule has 0 aliphatic heterocycles. The summed E-state index contributed by atoms with van der Waals surface area (Å²) in [5.41, 5.74) is 0.938. The molecule has 0 N–H and O–H groups in total. The molecule has 26 heavy (non-hydrogen) atoms. The van der Waals surface area contributed by atoms with Gasteiger partial charge in [-0.25, -0.2) is 0 Å². The molecule has 10 heteroatoms. The Morgan fingerprint density at radius 2 is 0.692 bits per heavy atom. The summed E-state index contributed by atoms with van der Waals surface area (Å²) in [6.45, 7) is 36.0. The molecule has 0 aliphatic rings. The van der Waals surface area contributed by atoms with Crippen molar-refractivity contribution in [2.45, 2.75) is 0 Å². The first kappa shape index (κ1) is 65.1. The van der Waals surface area contributed by atoms with Crippen LogP contribution in [0.1, 0.15) is 5.56 Å². The number of benzene rings is 1. The van der Waals surface area contributed by atoms with Crippen LogP contribution in [0.2, 0.25) is 0 Å². The summed E-state index contributed by atoms with van der Waals surface area (Å²) < 4.78 is 60.0. The van der Waals surface area contributed by atoms with Crippen LogP contribution < -0.4 is 0 Å². The van der Waals surface area contributed by atoms with E-state index in [-0.39, 0.29) is 33.6 Å². The topological polar surface area (TPSA) is 159 Å². The van der Waals surface area contributed by atoms with Crippen molar-refractivity contribution in [1.82, 2.24) is 0 Å². The van der Waals surface area contributed by atoms with E-state index in [0.717, 1.165) is 5.56 Å². The van der Waals surface area contributed by atoms with Gasteiger partial charge in [-0.05, 0) is 12.1 Å². The average Bonchev–Trinajstić information content (AvgIpc) is 2.80. The zero-order chi connectivity index (χ0) is 21.8. The molecule has 0 atom stereocenters. The summed E-state index contributed by atoms with van der Waals surface area (Å²) in [5.74, 6) is 2.53. The van der Waals surface area contributed by atoms with E-state index < -0.39 is 0 Å². The van der Waals surface area contributed by atoms with Gasteiger partial charge >= 0.3 is 90.4 Å². The molecule has 2 radical (unpaired) electrons. The predicted molar refractivity (Wildman–Crippen MR) is 65.8 cm³/mol. The molecule has 0 unspecified atom stereocenters. The Labute approximate surface area is 172 Å². The van der Waals surface area contributed by atoms with Crippen molar-refractivity contribution in [3.63, 3.8) is 0 Å². The SMILES string of the molecule is C#Cc1ccccc1.[C-]#[O+].[C-]#[O+].[C-]#[O+].[C-]#[O+].[C-]#[O+].[C-]#[O+].[C-]#[O+].[C-]#[O+].[Co].[Co]. The second-order valence-electron chi connectivity index (χ2n) is 1.51. The second-order valence-corrected chi connectivity index (χ2v) is 1.51. The maximum Gasteiger partial charge on any atom is 0 e. The summed E-state index contributed by atoms with van der Waals surface area (Å²) >= 11 is 0. The first-order chi connectivity index (χ1) is 11.9. The van der Waals surface area contributed by atoms with Gasteiger partial charge in [0, 0.05) is 39.1 Å². The number of terminal acetylenes is 1. The van der Waals surface area contributed by atoms with Crippen molar-refractivity contribution in [3.05, 3.63) is 89.1 Å². The van der Waals surface area contributed by atoms with Gasteiger partial charge in [0.1, 0.15) is 0 Å². The monoisotopic (exact) mass is 444 g/mol. The third kappa shape index (κ3) is 157. The Morgan fingerprint density at radius 1 is 0.500 bits per heavy atom. The molecule has 1 aromatic carbocycles. The minimum absolute atomic E-state index is 0. The largest absolute Gasteiger partial charge is 0 e. The van der Waals surface area contributed by atoms with Gasteiger partial charge in [0.2, 0.25) is 0 Å². The van der Waals surface area contributed by atoms with Crippen LogP contribution in [-0.2, 0) is 70.8 Å². The zero-order valence-electron chi connectivity index (χ0n) is 12.4. The van der Waals surface area contributed by atoms with E-state index in [1.807, 2.05) is 30.3 Å². The van der Waals surface area contributed by atoms with Gasteiger partial charge in [-0.15, -0.1) is 6.42 Å². The molecule has 0 fully saturated rings. The van der Waals surface area contributed by atoms with E-state index in [1.165, 1.54) is 0 Å². The van der Waals surface area contributed by atoms with Crippen LogP contribution in [-0.4, -0.2) is 0 Å². The van der Waals surface area contributed by atoms with E-state index in [0.29, 0.717) is 0 Å². The van der Waals surface area contributed by atoms with Gasteiger partial charge in [0.15, 0.2) is 0 Å². The van der Waals surface area contributed by atoms with Crippen molar-refractivity contribution >= 4 is 0 Å². The summed E-state index contributed by atoms with van der Waals surface area (Å²) in [6, 6.07) is 9.60. The third-order valence-electron chi connectivity index (χ3n) is 0.940. The Morgan fingerprint density at radius 3 is 0.808 bits per heavy atom. The van der Waals surface area contributed by atoms with Crippen molar-refractivity contribution < 1.29 is 70.8 Å². The van der Waals surface area contributed by atoms with E-state index in [4.69, 9.17) is 43.6 Å². The van der Waals surface area contributed by atoms with Gasteiger partial charge in [-0.2, -0.15) is 0 Å². The van der Waals surface area contributed by atoms with Crippen molar-refractivity contribution in [1.29, 1.82) is 0 Å². The number of rotatable bonds is 0. The average molecular weight is 444 g/mol. The summed E-state index contributed by atoms with van der Waals surface area (Å²) in [4.78, 5) is 0. The third-order valence-corrected chi connectivity index (χ3v) is 0.940. The molecule has 0 aliphatic carbocycles. The predicted octanol–water partition coefficient (Wildman–Crippen LogP) is 1.36. The van der Waals surface area contributed by atoms with Crippen LogP contribution in [0.25, 0.3) is 0 Å². The number of hydrogen-bond acceptors (Lipinski definition) is 0. The Kier molecular flexibility index (Phi) is 595. The summed E-state index contributed by atoms with van der Waals surface area (Å²) in [6.07, 6.45) is 5.10. The maximum absolute atomic E-state index is 7.50. The molecule has 8 nitrogen and oxygen atoms in total. The van der Waals surface area contributed by atoms with Crippen molar-refractivity contribution in [2.75, 3.05) is 0 Å². The van der Waals surface area contributed by atoms with Crippen LogP contribution in [0.4, 0.5) is 0 Å². The fourth-order valence-electron chi connectivity index (χ4n) is 0.534. The standard InChI is InChI=1S/C8H6.8CO.2Co/c1-2-8-6-4-3-5-7-8;8*1-2;;/h1,3-7H;;;;;;;;;;. The maximum atomic E-state index is 7.50. The van der Waals surface area contributed by atoms with E-state index >= 15 is 0 Å². The Hall–Kier alpha value is -2.29. The minimum Gasteiger partial charge on any atom is 0 e. The first-order valence-corrected chi connectivity index (χ1v) is 4.08. The molecule has 136 valence electrons. The van der Waals surface area contributed by atoms with Gasteiger partial charge in [-0.1, -0.05) is 24.1 Å². The summed E-state index contributed by atoms with van der Waals surface area (Å²) in [5, 5.41) is 0. The normalized spacial score (nSPS) is 3.04. The fraction of sp³-hybridized carbons (Fsp3) is 0.